The largest absolute Gasteiger partial charge is 0.455 e. The number of carbonyl (C=O) groups excluding carboxylic acids is 1. The van der Waals surface area contributed by atoms with Crippen LogP contribution in [0.5, 0.6) is 11.5 Å². The molecule has 0 aliphatic carbocycles. The van der Waals surface area contributed by atoms with E-state index >= 15 is 0 Å². The fourth-order valence-electron chi connectivity index (χ4n) is 2.78. The van der Waals surface area contributed by atoms with Crippen molar-refractivity contribution in [2.45, 2.75) is 25.8 Å². The minimum atomic E-state index is 0.0241. The zero-order valence-corrected chi connectivity index (χ0v) is 13.2. The zero-order chi connectivity index (χ0) is 16.1. The standard InChI is InChI=1S/C18H21N3O2/c1-13-11-14(7-10-20-13)18(22)21-16-12-19-9-8-17(16)23-15-5-3-2-4-6-15/h2-6,8-9,12-14,20H,7,10-11H2,1H3,(H,21,22)/t13-,14-/m0/s1. The molecule has 1 aromatic carbocycles. The molecule has 1 aliphatic heterocycles. The molecule has 23 heavy (non-hydrogen) atoms. The lowest BCUT2D eigenvalue weighted by atomic mass is 9.92. The van der Waals surface area contributed by atoms with Crippen molar-refractivity contribution < 1.29 is 9.53 Å². The Kier molecular flexibility index (Phi) is 4.88. The van der Waals surface area contributed by atoms with Crippen LogP contribution in [0, 0.1) is 5.92 Å². The zero-order valence-electron chi connectivity index (χ0n) is 13.2. The minimum Gasteiger partial charge on any atom is -0.455 e. The Hall–Kier alpha value is -2.40. The molecule has 2 atom stereocenters. The molecule has 0 unspecified atom stereocenters. The first kappa shape index (κ1) is 15.5. The summed E-state index contributed by atoms with van der Waals surface area (Å²) >= 11 is 0. The highest BCUT2D eigenvalue weighted by Gasteiger charge is 2.25. The topological polar surface area (TPSA) is 63.2 Å². The van der Waals surface area contributed by atoms with E-state index in [0.29, 0.717) is 17.5 Å². The second kappa shape index (κ2) is 7.24. The van der Waals surface area contributed by atoms with Crippen LogP contribution < -0.4 is 15.4 Å². The van der Waals surface area contributed by atoms with Crippen molar-refractivity contribution in [3.05, 3.63) is 48.8 Å². The van der Waals surface area contributed by atoms with Crippen LogP contribution in [0.25, 0.3) is 0 Å². The van der Waals surface area contributed by atoms with E-state index in [4.69, 9.17) is 4.74 Å². The Bertz CT molecular complexity index is 660. The molecule has 1 aliphatic rings. The van der Waals surface area contributed by atoms with E-state index in [1.54, 1.807) is 18.5 Å². The first-order valence-corrected chi connectivity index (χ1v) is 7.93. The minimum absolute atomic E-state index is 0.0241. The number of rotatable bonds is 4. The van der Waals surface area contributed by atoms with Crippen LogP contribution in [0.15, 0.2) is 48.8 Å². The maximum absolute atomic E-state index is 12.5. The fraction of sp³-hybridized carbons (Fsp3) is 0.333. The molecule has 5 nitrogen and oxygen atoms in total. The second-order valence-corrected chi connectivity index (χ2v) is 5.85. The van der Waals surface area contributed by atoms with Crippen molar-refractivity contribution in [3.8, 4) is 11.5 Å². The van der Waals surface area contributed by atoms with Crippen molar-refractivity contribution in [2.24, 2.45) is 5.92 Å². The molecule has 2 heterocycles. The number of carbonyl (C=O) groups is 1. The van der Waals surface area contributed by atoms with Gasteiger partial charge in [-0.1, -0.05) is 18.2 Å². The summed E-state index contributed by atoms with van der Waals surface area (Å²) in [7, 11) is 0. The van der Waals surface area contributed by atoms with Gasteiger partial charge in [0.2, 0.25) is 5.91 Å². The summed E-state index contributed by atoms with van der Waals surface area (Å²) in [6.45, 7) is 2.98. The van der Waals surface area contributed by atoms with Crippen molar-refractivity contribution in [3.63, 3.8) is 0 Å². The molecule has 3 rings (SSSR count). The van der Waals surface area contributed by atoms with Gasteiger partial charge >= 0.3 is 0 Å². The van der Waals surface area contributed by atoms with Crippen molar-refractivity contribution in [1.82, 2.24) is 10.3 Å². The average molecular weight is 311 g/mol. The number of benzene rings is 1. The van der Waals surface area contributed by atoms with E-state index in [1.807, 2.05) is 30.3 Å². The van der Waals surface area contributed by atoms with Gasteiger partial charge in [0.25, 0.3) is 0 Å². The SMILES string of the molecule is C[C@H]1C[C@@H](C(=O)Nc2cnccc2Oc2ccccc2)CCN1. The molecular weight excluding hydrogens is 290 g/mol. The fourth-order valence-corrected chi connectivity index (χ4v) is 2.78. The summed E-state index contributed by atoms with van der Waals surface area (Å²) in [6, 6.07) is 11.6. The van der Waals surface area contributed by atoms with Gasteiger partial charge in [-0.2, -0.15) is 0 Å². The number of para-hydroxylation sites is 1. The number of nitrogens with one attached hydrogen (secondary N) is 2. The number of hydrogen-bond donors (Lipinski definition) is 2. The van der Waals surface area contributed by atoms with Crippen molar-refractivity contribution in [1.29, 1.82) is 0 Å². The second-order valence-electron chi connectivity index (χ2n) is 5.85. The molecule has 2 N–H and O–H groups in total. The van der Waals surface area contributed by atoms with E-state index in [9.17, 15) is 4.79 Å². The Labute approximate surface area is 136 Å². The molecule has 120 valence electrons. The first-order valence-electron chi connectivity index (χ1n) is 7.93. The van der Waals surface area contributed by atoms with Crippen molar-refractivity contribution in [2.75, 3.05) is 11.9 Å². The highest BCUT2D eigenvalue weighted by Crippen LogP contribution is 2.29. The maximum atomic E-state index is 12.5. The number of amides is 1. The van der Waals surface area contributed by atoms with E-state index < -0.39 is 0 Å². The molecule has 0 radical (unpaired) electrons. The van der Waals surface area contributed by atoms with Crippen LogP contribution in [0.1, 0.15) is 19.8 Å². The molecule has 0 saturated carbocycles. The average Bonchev–Trinajstić information content (AvgIpc) is 2.57. The molecule has 2 aromatic rings. The summed E-state index contributed by atoms with van der Waals surface area (Å²) in [5.41, 5.74) is 0.604. The molecule has 0 spiro atoms. The van der Waals surface area contributed by atoms with Gasteiger partial charge in [0, 0.05) is 24.2 Å². The third-order valence-corrected chi connectivity index (χ3v) is 4.00. The monoisotopic (exact) mass is 311 g/mol. The summed E-state index contributed by atoms with van der Waals surface area (Å²) in [5, 5.41) is 6.32. The number of ether oxygens (including phenoxy) is 1. The smallest absolute Gasteiger partial charge is 0.227 e. The molecule has 5 heteroatoms. The quantitative estimate of drug-likeness (QED) is 0.910. The molecule has 1 fully saturated rings. The van der Waals surface area contributed by atoms with E-state index in [-0.39, 0.29) is 11.8 Å². The summed E-state index contributed by atoms with van der Waals surface area (Å²) in [6.07, 6.45) is 4.98. The number of piperidine rings is 1. The predicted octanol–water partition coefficient (Wildman–Crippen LogP) is 3.20. The van der Waals surface area contributed by atoms with Gasteiger partial charge in [0.1, 0.15) is 11.4 Å². The normalized spacial score (nSPS) is 20.7. The van der Waals surface area contributed by atoms with Gasteiger partial charge in [-0.05, 0) is 38.4 Å². The third kappa shape index (κ3) is 4.07. The van der Waals surface area contributed by atoms with Crippen LogP contribution in [0.4, 0.5) is 5.69 Å². The van der Waals surface area contributed by atoms with Crippen LogP contribution in [0.3, 0.4) is 0 Å². The molecular formula is C18H21N3O2. The van der Waals surface area contributed by atoms with E-state index in [0.717, 1.165) is 25.1 Å². The molecule has 1 amide bonds. The lowest BCUT2D eigenvalue weighted by molar-refractivity contribution is -0.120. The summed E-state index contributed by atoms with van der Waals surface area (Å²) < 4.78 is 5.85. The number of pyridine rings is 1. The van der Waals surface area contributed by atoms with E-state index in [1.165, 1.54) is 0 Å². The highest BCUT2D eigenvalue weighted by atomic mass is 16.5. The lowest BCUT2D eigenvalue weighted by Gasteiger charge is -2.27. The van der Waals surface area contributed by atoms with Crippen LogP contribution in [0.2, 0.25) is 0 Å². The Balaban J connectivity index is 1.71. The van der Waals surface area contributed by atoms with Crippen LogP contribution in [-0.4, -0.2) is 23.5 Å². The van der Waals surface area contributed by atoms with Gasteiger partial charge in [-0.25, -0.2) is 0 Å². The van der Waals surface area contributed by atoms with Gasteiger partial charge in [0.05, 0.1) is 6.20 Å². The Morgan fingerprint density at radius 3 is 2.91 bits per heavy atom. The number of nitrogens with zero attached hydrogens (tertiary/aromatic N) is 1. The van der Waals surface area contributed by atoms with Gasteiger partial charge in [-0.3, -0.25) is 9.78 Å². The highest BCUT2D eigenvalue weighted by molar-refractivity contribution is 5.93. The van der Waals surface area contributed by atoms with Gasteiger partial charge < -0.3 is 15.4 Å². The molecule has 1 aromatic heterocycles. The number of anilines is 1. The van der Waals surface area contributed by atoms with Crippen molar-refractivity contribution >= 4 is 11.6 Å². The van der Waals surface area contributed by atoms with Crippen LogP contribution in [-0.2, 0) is 4.79 Å². The summed E-state index contributed by atoms with van der Waals surface area (Å²) in [5.74, 6) is 1.38. The van der Waals surface area contributed by atoms with E-state index in [2.05, 4.69) is 22.5 Å². The maximum Gasteiger partial charge on any atom is 0.227 e. The molecule has 1 saturated heterocycles. The molecule has 0 bridgehead atoms. The van der Waals surface area contributed by atoms with Gasteiger partial charge in [-0.15, -0.1) is 0 Å². The number of aromatic nitrogens is 1. The summed E-state index contributed by atoms with van der Waals surface area (Å²) in [4.78, 5) is 16.6. The van der Waals surface area contributed by atoms with Crippen LogP contribution >= 0.6 is 0 Å². The first-order chi connectivity index (χ1) is 11.2. The number of hydrogen-bond acceptors (Lipinski definition) is 4. The predicted molar refractivity (Wildman–Crippen MR) is 89.6 cm³/mol. The van der Waals surface area contributed by atoms with Gasteiger partial charge in [0.15, 0.2) is 5.75 Å². The Morgan fingerprint density at radius 1 is 1.30 bits per heavy atom. The third-order valence-electron chi connectivity index (χ3n) is 4.00. The lowest BCUT2D eigenvalue weighted by Crippen LogP contribution is -2.40. The Morgan fingerprint density at radius 2 is 2.13 bits per heavy atom.